The average molecular weight is 262 g/mol. The summed E-state index contributed by atoms with van der Waals surface area (Å²) in [7, 11) is 1.66. The first kappa shape index (κ1) is 12.8. The third-order valence-electron chi connectivity index (χ3n) is 2.60. The predicted octanol–water partition coefficient (Wildman–Crippen LogP) is 0.751. The lowest BCUT2D eigenvalue weighted by Crippen LogP contribution is -2.25. The summed E-state index contributed by atoms with van der Waals surface area (Å²) in [6.07, 6.45) is -0.162. The van der Waals surface area contributed by atoms with E-state index in [1.807, 2.05) is 4.57 Å². The van der Waals surface area contributed by atoms with Crippen LogP contribution in [0.25, 0.3) is 0 Å². The van der Waals surface area contributed by atoms with Crippen LogP contribution >= 0.6 is 11.6 Å². The van der Waals surface area contributed by atoms with Crippen LogP contribution < -0.4 is 0 Å². The molecule has 1 aliphatic heterocycles. The van der Waals surface area contributed by atoms with Gasteiger partial charge in [0.1, 0.15) is 11.9 Å². The minimum absolute atomic E-state index is 0.162. The van der Waals surface area contributed by atoms with E-state index < -0.39 is 0 Å². The molecule has 2 rings (SSSR count). The summed E-state index contributed by atoms with van der Waals surface area (Å²) in [5, 5.41) is 8.18. The third kappa shape index (κ3) is 2.95. The van der Waals surface area contributed by atoms with Crippen LogP contribution in [0.1, 0.15) is 17.8 Å². The van der Waals surface area contributed by atoms with E-state index in [0.717, 1.165) is 11.6 Å². The topological polar surface area (TPSA) is 58.4 Å². The lowest BCUT2D eigenvalue weighted by atomic mass is 10.3. The van der Waals surface area contributed by atoms with Gasteiger partial charge in [0.2, 0.25) is 0 Å². The molecule has 1 unspecified atom stereocenters. The maximum Gasteiger partial charge on any atom is 0.164 e. The number of aromatic nitrogens is 3. The normalized spacial score (nSPS) is 20.7. The van der Waals surface area contributed by atoms with E-state index >= 15 is 0 Å². The second-order valence-electron chi connectivity index (χ2n) is 3.69. The first-order valence-corrected chi connectivity index (χ1v) is 6.06. The maximum atomic E-state index is 5.83. The first-order chi connectivity index (χ1) is 8.36. The molecule has 96 valence electrons. The quantitative estimate of drug-likeness (QED) is 0.732. The number of rotatable bonds is 5. The molecular weight excluding hydrogens is 246 g/mol. The Morgan fingerprint density at radius 3 is 3.00 bits per heavy atom. The Morgan fingerprint density at radius 2 is 2.35 bits per heavy atom. The first-order valence-electron chi connectivity index (χ1n) is 5.53. The van der Waals surface area contributed by atoms with Gasteiger partial charge in [-0.3, -0.25) is 0 Å². The van der Waals surface area contributed by atoms with Crippen LogP contribution in [0.3, 0.4) is 0 Å². The highest BCUT2D eigenvalue weighted by Gasteiger charge is 2.24. The van der Waals surface area contributed by atoms with E-state index in [9.17, 15) is 0 Å². The van der Waals surface area contributed by atoms with Crippen LogP contribution in [0, 0.1) is 0 Å². The zero-order chi connectivity index (χ0) is 12.1. The van der Waals surface area contributed by atoms with Gasteiger partial charge in [-0.2, -0.15) is 0 Å². The summed E-state index contributed by atoms with van der Waals surface area (Å²) in [6, 6.07) is 0. The molecule has 0 bridgehead atoms. The van der Waals surface area contributed by atoms with Crippen LogP contribution in [0.15, 0.2) is 0 Å². The predicted molar refractivity (Wildman–Crippen MR) is 61.0 cm³/mol. The Kier molecular flexibility index (Phi) is 4.73. The van der Waals surface area contributed by atoms with E-state index in [2.05, 4.69) is 10.2 Å². The van der Waals surface area contributed by atoms with E-state index in [-0.39, 0.29) is 6.10 Å². The smallest absolute Gasteiger partial charge is 0.164 e. The lowest BCUT2D eigenvalue weighted by Gasteiger charge is -2.22. The van der Waals surface area contributed by atoms with E-state index in [0.29, 0.717) is 38.9 Å². The minimum Gasteiger partial charge on any atom is -0.383 e. The zero-order valence-electron chi connectivity index (χ0n) is 9.76. The van der Waals surface area contributed by atoms with Crippen LogP contribution in [-0.2, 0) is 26.6 Å². The van der Waals surface area contributed by atoms with Gasteiger partial charge < -0.3 is 18.8 Å². The van der Waals surface area contributed by atoms with Crippen LogP contribution in [0.2, 0.25) is 0 Å². The van der Waals surface area contributed by atoms with Gasteiger partial charge in [0.05, 0.1) is 32.3 Å². The molecule has 1 atom stereocenters. The third-order valence-corrected chi connectivity index (χ3v) is 2.84. The van der Waals surface area contributed by atoms with E-state index in [4.69, 9.17) is 25.8 Å². The van der Waals surface area contributed by atoms with Crippen molar-refractivity contribution < 1.29 is 14.2 Å². The molecule has 0 aromatic carbocycles. The largest absolute Gasteiger partial charge is 0.383 e. The SMILES string of the molecule is COCCn1c(CCl)nnc1C1COCCO1. The fraction of sp³-hybridized carbons (Fsp3) is 0.800. The lowest BCUT2D eigenvalue weighted by molar-refractivity contribution is -0.0950. The average Bonchev–Trinajstić information content (AvgIpc) is 2.80. The van der Waals surface area contributed by atoms with Crippen molar-refractivity contribution in [3.63, 3.8) is 0 Å². The zero-order valence-corrected chi connectivity index (χ0v) is 10.5. The molecule has 0 radical (unpaired) electrons. The monoisotopic (exact) mass is 261 g/mol. The molecule has 1 aromatic rings. The molecule has 0 amide bonds. The maximum absolute atomic E-state index is 5.83. The Hall–Kier alpha value is -0.690. The summed E-state index contributed by atoms with van der Waals surface area (Å²) in [6.45, 7) is 2.97. The molecule has 1 aromatic heterocycles. The summed E-state index contributed by atoms with van der Waals surface area (Å²) >= 11 is 5.83. The van der Waals surface area contributed by atoms with Crippen molar-refractivity contribution in [2.24, 2.45) is 0 Å². The second kappa shape index (κ2) is 6.30. The number of hydrogen-bond acceptors (Lipinski definition) is 5. The van der Waals surface area contributed by atoms with Crippen molar-refractivity contribution in [1.82, 2.24) is 14.8 Å². The van der Waals surface area contributed by atoms with Crippen molar-refractivity contribution in [3.05, 3.63) is 11.6 Å². The van der Waals surface area contributed by atoms with Crippen LogP contribution in [0.5, 0.6) is 0 Å². The van der Waals surface area contributed by atoms with Crippen molar-refractivity contribution in [2.75, 3.05) is 33.5 Å². The molecule has 6 nitrogen and oxygen atoms in total. The highest BCUT2D eigenvalue weighted by atomic mass is 35.5. The molecule has 0 aliphatic carbocycles. The van der Waals surface area contributed by atoms with Gasteiger partial charge in [-0.15, -0.1) is 21.8 Å². The van der Waals surface area contributed by atoms with Crippen LogP contribution in [-0.4, -0.2) is 48.3 Å². The molecule has 1 aliphatic rings. The van der Waals surface area contributed by atoms with Gasteiger partial charge in [0.15, 0.2) is 5.82 Å². The molecule has 1 fully saturated rings. The number of hydrogen-bond donors (Lipinski definition) is 0. The standard InChI is InChI=1S/C10H16ClN3O3/c1-15-3-2-14-9(6-11)12-13-10(14)8-7-16-4-5-17-8/h8H,2-7H2,1H3. The van der Waals surface area contributed by atoms with E-state index in [1.54, 1.807) is 7.11 Å². The molecule has 1 saturated heterocycles. The summed E-state index contributed by atoms with van der Waals surface area (Å²) in [5.41, 5.74) is 0. The second-order valence-corrected chi connectivity index (χ2v) is 3.95. The van der Waals surface area contributed by atoms with Gasteiger partial charge in [0.25, 0.3) is 0 Å². The van der Waals surface area contributed by atoms with Gasteiger partial charge in [0, 0.05) is 13.7 Å². The minimum atomic E-state index is -0.162. The molecule has 0 saturated carbocycles. The highest BCUT2D eigenvalue weighted by molar-refractivity contribution is 6.16. The Morgan fingerprint density at radius 1 is 1.47 bits per heavy atom. The Bertz CT molecular complexity index is 353. The van der Waals surface area contributed by atoms with Crippen molar-refractivity contribution in [2.45, 2.75) is 18.5 Å². The van der Waals surface area contributed by atoms with Crippen molar-refractivity contribution >= 4 is 11.6 Å². The molecule has 0 spiro atoms. The van der Waals surface area contributed by atoms with E-state index in [1.165, 1.54) is 0 Å². The molecular formula is C10H16ClN3O3. The van der Waals surface area contributed by atoms with Crippen LogP contribution in [0.4, 0.5) is 0 Å². The number of methoxy groups -OCH3 is 1. The van der Waals surface area contributed by atoms with Gasteiger partial charge >= 0.3 is 0 Å². The molecule has 17 heavy (non-hydrogen) atoms. The molecule has 0 N–H and O–H groups in total. The van der Waals surface area contributed by atoms with Gasteiger partial charge in [-0.25, -0.2) is 0 Å². The summed E-state index contributed by atoms with van der Waals surface area (Å²) in [5.74, 6) is 1.81. The Balaban J connectivity index is 2.16. The summed E-state index contributed by atoms with van der Waals surface area (Å²) in [4.78, 5) is 0. The Labute approximate surface area is 105 Å². The summed E-state index contributed by atoms with van der Waals surface area (Å²) < 4.78 is 18.0. The van der Waals surface area contributed by atoms with Gasteiger partial charge in [-0.05, 0) is 0 Å². The number of alkyl halides is 1. The van der Waals surface area contributed by atoms with Gasteiger partial charge in [-0.1, -0.05) is 0 Å². The number of ether oxygens (including phenoxy) is 3. The fourth-order valence-corrected chi connectivity index (χ4v) is 1.95. The van der Waals surface area contributed by atoms with Crippen molar-refractivity contribution in [1.29, 1.82) is 0 Å². The van der Waals surface area contributed by atoms with Crippen molar-refractivity contribution in [3.8, 4) is 0 Å². The molecule has 2 heterocycles. The highest BCUT2D eigenvalue weighted by Crippen LogP contribution is 2.20. The number of nitrogens with zero attached hydrogens (tertiary/aromatic N) is 3. The fourth-order valence-electron chi connectivity index (χ4n) is 1.75. The molecule has 7 heteroatoms. The number of halogens is 1.